The van der Waals surface area contributed by atoms with Crippen molar-refractivity contribution < 1.29 is 9.90 Å². The number of nitrogens with one attached hydrogen (secondary N) is 1. The first-order valence-corrected chi connectivity index (χ1v) is 7.06. The SMILES string of the molecule is O=C(NCC1CC(O)C1)c1ccc(Br)cc1Br. The highest BCUT2D eigenvalue weighted by Gasteiger charge is 2.27. The molecule has 0 radical (unpaired) electrons. The zero-order chi connectivity index (χ0) is 12.4. The summed E-state index contributed by atoms with van der Waals surface area (Å²) >= 11 is 6.71. The fourth-order valence-electron chi connectivity index (χ4n) is 1.87. The molecule has 1 fully saturated rings. The minimum Gasteiger partial charge on any atom is -0.393 e. The third-order valence-electron chi connectivity index (χ3n) is 2.94. The van der Waals surface area contributed by atoms with Crippen molar-refractivity contribution in [1.82, 2.24) is 5.32 Å². The molecule has 17 heavy (non-hydrogen) atoms. The van der Waals surface area contributed by atoms with Crippen LogP contribution in [0.15, 0.2) is 27.1 Å². The van der Waals surface area contributed by atoms with Gasteiger partial charge in [0.05, 0.1) is 11.7 Å². The highest BCUT2D eigenvalue weighted by atomic mass is 79.9. The van der Waals surface area contributed by atoms with Gasteiger partial charge in [0.1, 0.15) is 0 Å². The van der Waals surface area contributed by atoms with Crippen molar-refractivity contribution >= 4 is 37.8 Å². The molecule has 0 aromatic heterocycles. The summed E-state index contributed by atoms with van der Waals surface area (Å²) in [7, 11) is 0. The van der Waals surface area contributed by atoms with Crippen molar-refractivity contribution in [3.05, 3.63) is 32.7 Å². The monoisotopic (exact) mass is 361 g/mol. The lowest BCUT2D eigenvalue weighted by molar-refractivity contribution is 0.0420. The predicted octanol–water partition coefficient (Wildman–Crippen LogP) is 2.71. The van der Waals surface area contributed by atoms with Gasteiger partial charge in [0.15, 0.2) is 0 Å². The molecule has 0 heterocycles. The minimum absolute atomic E-state index is 0.0780. The van der Waals surface area contributed by atoms with Crippen LogP contribution in [0.25, 0.3) is 0 Å². The Labute approximate surface area is 117 Å². The molecule has 92 valence electrons. The Morgan fingerprint density at radius 3 is 2.71 bits per heavy atom. The molecular weight excluding hydrogens is 350 g/mol. The number of hydrogen-bond donors (Lipinski definition) is 2. The van der Waals surface area contributed by atoms with Crippen molar-refractivity contribution in [2.75, 3.05) is 6.54 Å². The first-order chi connectivity index (χ1) is 8.06. The summed E-state index contributed by atoms with van der Waals surface area (Å²) in [6, 6.07) is 5.47. The van der Waals surface area contributed by atoms with Crippen LogP contribution in [-0.2, 0) is 0 Å². The van der Waals surface area contributed by atoms with Gasteiger partial charge >= 0.3 is 0 Å². The Hall–Kier alpha value is -0.390. The van der Waals surface area contributed by atoms with Gasteiger partial charge in [-0.1, -0.05) is 15.9 Å². The van der Waals surface area contributed by atoms with Gasteiger partial charge in [-0.3, -0.25) is 4.79 Å². The molecule has 1 aliphatic rings. The average molecular weight is 363 g/mol. The molecule has 2 rings (SSSR count). The van der Waals surface area contributed by atoms with Crippen molar-refractivity contribution in [3.63, 3.8) is 0 Å². The van der Waals surface area contributed by atoms with Crippen LogP contribution in [0, 0.1) is 5.92 Å². The molecule has 1 saturated carbocycles. The summed E-state index contributed by atoms with van der Waals surface area (Å²) in [5.41, 5.74) is 0.632. The zero-order valence-corrected chi connectivity index (χ0v) is 12.3. The number of aliphatic hydroxyl groups excluding tert-OH is 1. The highest BCUT2D eigenvalue weighted by Crippen LogP contribution is 2.26. The number of aliphatic hydroxyl groups is 1. The molecule has 5 heteroatoms. The first-order valence-electron chi connectivity index (χ1n) is 5.47. The molecule has 0 saturated heterocycles. The Bertz CT molecular complexity index is 431. The normalized spacial score (nSPS) is 23.0. The van der Waals surface area contributed by atoms with Gasteiger partial charge in [-0.05, 0) is 52.9 Å². The van der Waals surface area contributed by atoms with E-state index in [4.69, 9.17) is 5.11 Å². The van der Waals surface area contributed by atoms with E-state index >= 15 is 0 Å². The molecule has 0 bridgehead atoms. The maximum Gasteiger partial charge on any atom is 0.252 e. The second-order valence-corrected chi connectivity index (χ2v) is 6.10. The third kappa shape index (κ3) is 3.30. The van der Waals surface area contributed by atoms with Crippen LogP contribution >= 0.6 is 31.9 Å². The second kappa shape index (κ2) is 5.50. The topological polar surface area (TPSA) is 49.3 Å². The standard InChI is InChI=1S/C12H13Br2NO2/c13-8-1-2-10(11(14)5-8)12(17)15-6-7-3-9(16)4-7/h1-2,5,7,9,16H,3-4,6H2,(H,15,17). The quantitative estimate of drug-likeness (QED) is 0.868. The number of hydrogen-bond acceptors (Lipinski definition) is 2. The molecule has 0 atom stereocenters. The highest BCUT2D eigenvalue weighted by molar-refractivity contribution is 9.11. The molecule has 2 N–H and O–H groups in total. The predicted molar refractivity (Wildman–Crippen MR) is 72.9 cm³/mol. The van der Waals surface area contributed by atoms with E-state index in [-0.39, 0.29) is 12.0 Å². The summed E-state index contributed by atoms with van der Waals surface area (Å²) in [5, 5.41) is 12.0. The fraction of sp³-hybridized carbons (Fsp3) is 0.417. The summed E-state index contributed by atoms with van der Waals surface area (Å²) in [4.78, 5) is 11.9. The van der Waals surface area contributed by atoms with E-state index in [1.165, 1.54) is 0 Å². The van der Waals surface area contributed by atoms with Crippen LogP contribution in [0.5, 0.6) is 0 Å². The molecule has 0 unspecified atom stereocenters. The smallest absolute Gasteiger partial charge is 0.252 e. The number of rotatable bonds is 3. The zero-order valence-electron chi connectivity index (χ0n) is 9.12. The Kier molecular flexibility index (Phi) is 4.22. The number of carbonyl (C=O) groups is 1. The summed E-state index contributed by atoms with van der Waals surface area (Å²) in [6.45, 7) is 0.637. The lowest BCUT2D eigenvalue weighted by Gasteiger charge is -2.31. The van der Waals surface area contributed by atoms with E-state index in [2.05, 4.69) is 37.2 Å². The lowest BCUT2D eigenvalue weighted by Crippen LogP contribution is -2.38. The van der Waals surface area contributed by atoms with Crippen LogP contribution in [0.3, 0.4) is 0 Å². The lowest BCUT2D eigenvalue weighted by atomic mass is 9.82. The molecule has 1 aromatic carbocycles. The molecule has 0 aliphatic heterocycles. The molecular formula is C12H13Br2NO2. The van der Waals surface area contributed by atoms with E-state index in [0.717, 1.165) is 21.8 Å². The molecule has 0 spiro atoms. The van der Waals surface area contributed by atoms with Gasteiger partial charge in [0.25, 0.3) is 5.91 Å². The van der Waals surface area contributed by atoms with Crippen molar-refractivity contribution in [1.29, 1.82) is 0 Å². The maximum absolute atomic E-state index is 11.9. The minimum atomic E-state index is -0.170. The summed E-state index contributed by atoms with van der Waals surface area (Å²) in [5.74, 6) is 0.342. The van der Waals surface area contributed by atoms with Gasteiger partial charge in [-0.25, -0.2) is 0 Å². The van der Waals surface area contributed by atoms with Crippen LogP contribution in [-0.4, -0.2) is 23.7 Å². The van der Waals surface area contributed by atoms with Crippen LogP contribution in [0.4, 0.5) is 0 Å². The van der Waals surface area contributed by atoms with Crippen LogP contribution < -0.4 is 5.32 Å². The van der Waals surface area contributed by atoms with E-state index in [1.54, 1.807) is 6.07 Å². The van der Waals surface area contributed by atoms with E-state index in [0.29, 0.717) is 18.0 Å². The average Bonchev–Trinajstić information content (AvgIpc) is 2.22. The van der Waals surface area contributed by atoms with Crippen molar-refractivity contribution in [3.8, 4) is 0 Å². The number of carbonyl (C=O) groups excluding carboxylic acids is 1. The third-order valence-corrected chi connectivity index (χ3v) is 4.09. The maximum atomic E-state index is 11.9. The van der Waals surface area contributed by atoms with Gasteiger partial charge in [0, 0.05) is 15.5 Å². The van der Waals surface area contributed by atoms with E-state index in [9.17, 15) is 4.79 Å². The van der Waals surface area contributed by atoms with Gasteiger partial charge in [-0.15, -0.1) is 0 Å². The number of amides is 1. The fourth-order valence-corrected chi connectivity index (χ4v) is 3.10. The Morgan fingerprint density at radius 1 is 1.41 bits per heavy atom. The number of halogens is 2. The van der Waals surface area contributed by atoms with Crippen molar-refractivity contribution in [2.24, 2.45) is 5.92 Å². The summed E-state index contributed by atoms with van der Waals surface area (Å²) in [6.07, 6.45) is 1.42. The van der Waals surface area contributed by atoms with Gasteiger partial charge in [0.2, 0.25) is 0 Å². The molecule has 1 aliphatic carbocycles. The van der Waals surface area contributed by atoms with E-state index < -0.39 is 0 Å². The largest absolute Gasteiger partial charge is 0.393 e. The van der Waals surface area contributed by atoms with Crippen molar-refractivity contribution in [2.45, 2.75) is 18.9 Å². The van der Waals surface area contributed by atoms with Gasteiger partial charge < -0.3 is 10.4 Å². The molecule has 1 amide bonds. The second-order valence-electron chi connectivity index (χ2n) is 4.33. The molecule has 1 aromatic rings. The van der Waals surface area contributed by atoms with Crippen LogP contribution in [0.2, 0.25) is 0 Å². The Balaban J connectivity index is 1.91. The molecule has 3 nitrogen and oxygen atoms in total. The number of benzene rings is 1. The Morgan fingerprint density at radius 2 is 2.12 bits per heavy atom. The van der Waals surface area contributed by atoms with Crippen LogP contribution in [0.1, 0.15) is 23.2 Å². The van der Waals surface area contributed by atoms with Gasteiger partial charge in [-0.2, -0.15) is 0 Å². The summed E-state index contributed by atoms with van der Waals surface area (Å²) < 4.78 is 1.71. The first kappa shape index (κ1) is 13.1. The van der Waals surface area contributed by atoms with E-state index in [1.807, 2.05) is 12.1 Å².